The normalized spacial score (nSPS) is 21.3. The monoisotopic (exact) mass is 345 g/mol. The first kappa shape index (κ1) is 17.2. The van der Waals surface area contributed by atoms with Crippen molar-refractivity contribution in [3.05, 3.63) is 30.1 Å². The molecule has 1 saturated heterocycles. The van der Waals surface area contributed by atoms with E-state index in [0.29, 0.717) is 31.7 Å². The zero-order valence-electron chi connectivity index (χ0n) is 14.2. The highest BCUT2D eigenvalue weighted by Crippen LogP contribution is 2.16. The smallest absolute Gasteiger partial charge is 0.289 e. The molecule has 8 heteroatoms. The summed E-state index contributed by atoms with van der Waals surface area (Å²) in [5, 5.41) is 0. The van der Waals surface area contributed by atoms with E-state index < -0.39 is 12.1 Å². The van der Waals surface area contributed by atoms with Crippen LogP contribution in [0.4, 0.5) is 4.39 Å². The zero-order valence-corrected chi connectivity index (χ0v) is 14.2. The van der Waals surface area contributed by atoms with Gasteiger partial charge in [0.25, 0.3) is 11.8 Å². The maximum atomic E-state index is 13.9. The average molecular weight is 345 g/mol. The fraction of sp³-hybridized carbons (Fsp3) is 0.471. The first-order valence-corrected chi connectivity index (χ1v) is 8.26. The molecule has 1 aromatic heterocycles. The predicted octanol–water partition coefficient (Wildman–Crippen LogP) is 1.17. The molecule has 2 aliphatic rings. The van der Waals surface area contributed by atoms with Gasteiger partial charge in [0, 0.05) is 38.6 Å². The summed E-state index contributed by atoms with van der Waals surface area (Å²) in [7, 11) is 0. The maximum absolute atomic E-state index is 13.9. The summed E-state index contributed by atoms with van der Waals surface area (Å²) in [6.07, 6.45) is 1.41. The van der Waals surface area contributed by atoms with Crippen molar-refractivity contribution in [2.24, 2.45) is 15.9 Å². The van der Waals surface area contributed by atoms with E-state index >= 15 is 0 Å². The van der Waals surface area contributed by atoms with Crippen LogP contribution in [0, 0.1) is 5.92 Å². The molecule has 3 rings (SSSR count). The number of pyridine rings is 1. The molecule has 7 nitrogen and oxygen atoms in total. The fourth-order valence-electron chi connectivity index (χ4n) is 2.82. The molecule has 2 aliphatic heterocycles. The summed E-state index contributed by atoms with van der Waals surface area (Å²) in [6, 6.07) is 3.45. The van der Waals surface area contributed by atoms with Crippen LogP contribution in [0.1, 0.15) is 24.2 Å². The second-order valence-corrected chi connectivity index (χ2v) is 6.32. The summed E-state index contributed by atoms with van der Waals surface area (Å²) in [5.41, 5.74) is 0.755. The molecule has 1 fully saturated rings. The summed E-state index contributed by atoms with van der Waals surface area (Å²) in [6.45, 7) is 5.53. The standard InChI is InChI=1S/C17H20FN5O2/c1-11(2)14-13(18)15(24)21-17(20-14)23-8-6-22(7-9-23)16(25)12-4-3-5-19-10-12/h3-5,10-11,13H,6-9H2,1-2H3. The van der Waals surface area contributed by atoms with Crippen molar-refractivity contribution >= 4 is 23.5 Å². The minimum atomic E-state index is -1.75. The number of hydrogen-bond acceptors (Lipinski definition) is 5. The Bertz CT molecular complexity index is 724. The summed E-state index contributed by atoms with van der Waals surface area (Å²) in [5.74, 6) is -0.804. The third kappa shape index (κ3) is 3.57. The van der Waals surface area contributed by atoms with Gasteiger partial charge in [0.05, 0.1) is 11.3 Å². The lowest BCUT2D eigenvalue weighted by molar-refractivity contribution is -0.120. The van der Waals surface area contributed by atoms with Crippen molar-refractivity contribution < 1.29 is 14.0 Å². The second kappa shape index (κ2) is 7.08. The Morgan fingerprint density at radius 3 is 2.56 bits per heavy atom. The summed E-state index contributed by atoms with van der Waals surface area (Å²) >= 11 is 0. The highest BCUT2D eigenvalue weighted by atomic mass is 19.1. The van der Waals surface area contributed by atoms with E-state index in [2.05, 4.69) is 15.0 Å². The first-order valence-electron chi connectivity index (χ1n) is 8.26. The molecule has 132 valence electrons. The van der Waals surface area contributed by atoms with Gasteiger partial charge in [-0.1, -0.05) is 13.8 Å². The molecule has 2 amide bonds. The number of hydrogen-bond donors (Lipinski definition) is 0. The number of aromatic nitrogens is 1. The quantitative estimate of drug-likeness (QED) is 0.806. The Kier molecular flexibility index (Phi) is 4.87. The van der Waals surface area contributed by atoms with E-state index in [1.54, 1.807) is 43.3 Å². The molecule has 0 aromatic carbocycles. The largest absolute Gasteiger partial charge is 0.337 e. The van der Waals surface area contributed by atoms with E-state index in [1.165, 1.54) is 0 Å². The van der Waals surface area contributed by atoms with Crippen LogP contribution in [0.15, 0.2) is 34.5 Å². The number of alkyl halides is 1. The van der Waals surface area contributed by atoms with E-state index in [1.807, 2.05) is 4.90 Å². The molecule has 25 heavy (non-hydrogen) atoms. The van der Waals surface area contributed by atoms with E-state index in [-0.39, 0.29) is 23.5 Å². The molecule has 3 heterocycles. The van der Waals surface area contributed by atoms with Gasteiger partial charge in [-0.25, -0.2) is 9.38 Å². The van der Waals surface area contributed by atoms with Gasteiger partial charge < -0.3 is 9.80 Å². The SMILES string of the molecule is CC(C)C1=NC(N2CCN(C(=O)c3cccnc3)CC2)=NC(=O)C1F. The van der Waals surface area contributed by atoms with Gasteiger partial charge in [-0.15, -0.1) is 0 Å². The van der Waals surface area contributed by atoms with Gasteiger partial charge in [-0.3, -0.25) is 14.6 Å². The van der Waals surface area contributed by atoms with Crippen molar-refractivity contribution in [3.8, 4) is 0 Å². The predicted molar refractivity (Wildman–Crippen MR) is 91.3 cm³/mol. The molecule has 0 bridgehead atoms. The lowest BCUT2D eigenvalue weighted by atomic mass is 10.0. The van der Waals surface area contributed by atoms with Gasteiger partial charge in [-0.2, -0.15) is 4.99 Å². The van der Waals surface area contributed by atoms with Crippen LogP contribution in [-0.2, 0) is 4.79 Å². The number of aliphatic imine (C=N–C) groups is 2. The molecule has 1 atom stereocenters. The Hall–Kier alpha value is -2.64. The molecule has 0 N–H and O–H groups in total. The van der Waals surface area contributed by atoms with Gasteiger partial charge in [0.2, 0.25) is 12.1 Å². The number of nitrogens with zero attached hydrogens (tertiary/aromatic N) is 5. The Morgan fingerprint density at radius 2 is 1.96 bits per heavy atom. The van der Waals surface area contributed by atoms with Crippen LogP contribution >= 0.6 is 0 Å². The van der Waals surface area contributed by atoms with E-state index in [4.69, 9.17) is 0 Å². The maximum Gasteiger partial charge on any atom is 0.289 e. The minimum Gasteiger partial charge on any atom is -0.337 e. The highest BCUT2D eigenvalue weighted by molar-refractivity contribution is 6.18. The Morgan fingerprint density at radius 1 is 1.24 bits per heavy atom. The van der Waals surface area contributed by atoms with Crippen molar-refractivity contribution in [1.82, 2.24) is 14.8 Å². The number of carbonyl (C=O) groups is 2. The van der Waals surface area contributed by atoms with Gasteiger partial charge in [-0.05, 0) is 18.1 Å². The Balaban J connectivity index is 1.67. The number of amides is 2. The van der Waals surface area contributed by atoms with Crippen molar-refractivity contribution in [2.45, 2.75) is 20.0 Å². The number of rotatable bonds is 2. The third-order valence-corrected chi connectivity index (χ3v) is 4.27. The van der Waals surface area contributed by atoms with Crippen LogP contribution in [0.25, 0.3) is 0 Å². The van der Waals surface area contributed by atoms with Crippen LogP contribution < -0.4 is 0 Å². The fourth-order valence-corrected chi connectivity index (χ4v) is 2.82. The molecule has 0 aliphatic carbocycles. The van der Waals surface area contributed by atoms with Crippen molar-refractivity contribution in [3.63, 3.8) is 0 Å². The second-order valence-electron chi connectivity index (χ2n) is 6.32. The molecule has 1 unspecified atom stereocenters. The van der Waals surface area contributed by atoms with Crippen LogP contribution in [0.3, 0.4) is 0 Å². The minimum absolute atomic E-state index is 0.0791. The lowest BCUT2D eigenvalue weighted by Crippen LogP contribution is -2.51. The number of guanidine groups is 1. The highest BCUT2D eigenvalue weighted by Gasteiger charge is 2.33. The van der Waals surface area contributed by atoms with Crippen LogP contribution in [0.2, 0.25) is 0 Å². The summed E-state index contributed by atoms with van der Waals surface area (Å²) in [4.78, 5) is 39.7. The molecule has 1 aromatic rings. The van der Waals surface area contributed by atoms with Gasteiger partial charge in [0.15, 0.2) is 0 Å². The summed E-state index contributed by atoms with van der Waals surface area (Å²) < 4.78 is 13.9. The number of carbonyl (C=O) groups excluding carboxylic acids is 2. The third-order valence-electron chi connectivity index (χ3n) is 4.27. The van der Waals surface area contributed by atoms with Crippen LogP contribution in [0.5, 0.6) is 0 Å². The first-order chi connectivity index (χ1) is 12.0. The Labute approximate surface area is 145 Å². The zero-order chi connectivity index (χ0) is 18.0. The molecular formula is C17H20FN5O2. The average Bonchev–Trinajstić information content (AvgIpc) is 2.64. The van der Waals surface area contributed by atoms with E-state index in [0.717, 1.165) is 0 Å². The number of halogens is 1. The van der Waals surface area contributed by atoms with Crippen molar-refractivity contribution in [2.75, 3.05) is 26.2 Å². The van der Waals surface area contributed by atoms with Gasteiger partial charge >= 0.3 is 0 Å². The number of piperazine rings is 1. The lowest BCUT2D eigenvalue weighted by Gasteiger charge is -2.36. The van der Waals surface area contributed by atoms with E-state index in [9.17, 15) is 14.0 Å². The molecule has 0 saturated carbocycles. The topological polar surface area (TPSA) is 78.2 Å². The molecule has 0 spiro atoms. The van der Waals surface area contributed by atoms with Crippen LogP contribution in [-0.4, -0.2) is 70.6 Å². The van der Waals surface area contributed by atoms with Crippen molar-refractivity contribution in [1.29, 1.82) is 0 Å². The molecular weight excluding hydrogens is 325 g/mol. The molecule has 0 radical (unpaired) electrons. The van der Waals surface area contributed by atoms with Gasteiger partial charge in [0.1, 0.15) is 0 Å².